The zero-order valence-electron chi connectivity index (χ0n) is 23.3. The fourth-order valence-corrected chi connectivity index (χ4v) is 7.35. The van der Waals surface area contributed by atoms with Crippen molar-refractivity contribution >= 4 is 62.3 Å². The number of benzene rings is 2. The van der Waals surface area contributed by atoms with Gasteiger partial charge in [0, 0.05) is 20.8 Å². The summed E-state index contributed by atoms with van der Waals surface area (Å²) in [5.74, 6) is -0.205. The topological polar surface area (TPSA) is 68.3 Å². The van der Waals surface area contributed by atoms with Crippen LogP contribution >= 0.6 is 34.5 Å². The average Bonchev–Trinajstić information content (AvgIpc) is 3.25. The highest BCUT2D eigenvalue weighted by atomic mass is 35.5. The van der Waals surface area contributed by atoms with E-state index in [1.807, 2.05) is 37.3 Å². The first-order chi connectivity index (χ1) is 19.0. The third-order valence-electron chi connectivity index (χ3n) is 7.75. The number of amides is 1. The molecular formula is C32H32Cl2N2O3S. The van der Waals surface area contributed by atoms with Crippen LogP contribution in [-0.2, 0) is 17.6 Å². The average molecular weight is 596 g/mol. The molecule has 1 amide bonds. The Bertz CT molecular complexity index is 1640. The minimum absolute atomic E-state index is 0.154. The standard InChI is InChI=1S/C32H32Cl2N2O3S/c1-6-39-31(38)27-22-13-11-18(32(3,4)5)15-25(22)40-30(27)36-29(37)26-17(2)28(20-14-12-19(33)16-23(20)34)35-24-10-8-7-9-21(24)26/h7-10,12,14,16,18H,6,11,13,15H2,1-5H3,(H,36,37). The second kappa shape index (κ2) is 11.2. The van der Waals surface area contributed by atoms with Crippen LogP contribution in [0.3, 0.4) is 0 Å². The van der Waals surface area contributed by atoms with Crippen molar-refractivity contribution in [3.05, 3.63) is 79.6 Å². The van der Waals surface area contributed by atoms with Gasteiger partial charge in [0.1, 0.15) is 5.00 Å². The zero-order chi connectivity index (χ0) is 28.8. The summed E-state index contributed by atoms with van der Waals surface area (Å²) >= 11 is 14.2. The predicted molar refractivity (Wildman–Crippen MR) is 165 cm³/mol. The molecule has 1 unspecified atom stereocenters. The summed E-state index contributed by atoms with van der Waals surface area (Å²) in [6.45, 7) is 10.7. The van der Waals surface area contributed by atoms with Gasteiger partial charge in [-0.05, 0) is 79.8 Å². The highest BCUT2D eigenvalue weighted by Crippen LogP contribution is 2.45. The molecular weight excluding hydrogens is 563 g/mol. The van der Waals surface area contributed by atoms with Gasteiger partial charge >= 0.3 is 5.97 Å². The summed E-state index contributed by atoms with van der Waals surface area (Å²) in [7, 11) is 0. The Morgan fingerprint density at radius 2 is 1.88 bits per heavy atom. The maximum absolute atomic E-state index is 14.1. The maximum atomic E-state index is 14.1. The lowest BCUT2D eigenvalue weighted by Gasteiger charge is -2.33. The van der Waals surface area contributed by atoms with Crippen molar-refractivity contribution in [3.8, 4) is 11.3 Å². The minimum atomic E-state index is -0.394. The summed E-state index contributed by atoms with van der Waals surface area (Å²) in [5.41, 5.74) is 4.78. The Balaban J connectivity index is 1.61. The van der Waals surface area contributed by atoms with E-state index >= 15 is 0 Å². The van der Waals surface area contributed by atoms with Crippen LogP contribution < -0.4 is 5.32 Å². The van der Waals surface area contributed by atoms with Crippen molar-refractivity contribution in [2.45, 2.75) is 53.9 Å². The number of fused-ring (bicyclic) bond motifs is 2. The molecule has 4 aromatic rings. The number of thiophene rings is 1. The van der Waals surface area contributed by atoms with Gasteiger partial charge in [-0.2, -0.15) is 0 Å². The molecule has 2 aromatic heterocycles. The van der Waals surface area contributed by atoms with Gasteiger partial charge in [-0.3, -0.25) is 4.79 Å². The number of halogens is 2. The lowest BCUT2D eigenvalue weighted by Crippen LogP contribution is -2.26. The number of nitrogens with one attached hydrogen (secondary N) is 1. The molecule has 1 atom stereocenters. The summed E-state index contributed by atoms with van der Waals surface area (Å²) < 4.78 is 5.45. The number of nitrogens with zero attached hydrogens (tertiary/aromatic N) is 1. The number of carbonyl (C=O) groups is 2. The largest absolute Gasteiger partial charge is 0.462 e. The van der Waals surface area contributed by atoms with Crippen molar-refractivity contribution in [1.29, 1.82) is 0 Å². The van der Waals surface area contributed by atoms with Crippen molar-refractivity contribution < 1.29 is 14.3 Å². The molecule has 0 fully saturated rings. The van der Waals surface area contributed by atoms with Crippen LogP contribution in [-0.4, -0.2) is 23.5 Å². The van der Waals surface area contributed by atoms with Crippen LogP contribution in [0.5, 0.6) is 0 Å². The van der Waals surface area contributed by atoms with Crippen molar-refractivity contribution in [1.82, 2.24) is 4.98 Å². The fraction of sp³-hybridized carbons (Fsp3) is 0.344. The van der Waals surface area contributed by atoms with Crippen LogP contribution in [0.2, 0.25) is 10.0 Å². The Kier molecular flexibility index (Phi) is 7.97. The van der Waals surface area contributed by atoms with Gasteiger partial charge in [-0.1, -0.05) is 62.2 Å². The molecule has 1 N–H and O–H groups in total. The van der Waals surface area contributed by atoms with Gasteiger partial charge in [0.05, 0.1) is 34.0 Å². The Labute approximate surface area is 248 Å². The van der Waals surface area contributed by atoms with E-state index in [0.29, 0.717) is 54.4 Å². The first kappa shape index (κ1) is 28.6. The number of esters is 1. The van der Waals surface area contributed by atoms with Gasteiger partial charge in [-0.15, -0.1) is 11.3 Å². The lowest BCUT2D eigenvalue weighted by molar-refractivity contribution is 0.0526. The minimum Gasteiger partial charge on any atom is -0.462 e. The predicted octanol–water partition coefficient (Wildman–Crippen LogP) is 9.16. The number of rotatable bonds is 5. The van der Waals surface area contributed by atoms with E-state index in [0.717, 1.165) is 35.1 Å². The van der Waals surface area contributed by atoms with Crippen molar-refractivity contribution in [3.63, 3.8) is 0 Å². The van der Waals surface area contributed by atoms with E-state index in [1.54, 1.807) is 19.1 Å². The molecule has 1 aliphatic carbocycles. The quantitative estimate of drug-likeness (QED) is 0.234. The molecule has 0 aliphatic heterocycles. The van der Waals surface area contributed by atoms with Crippen LogP contribution in [0.1, 0.15) is 70.8 Å². The second-order valence-corrected chi connectivity index (χ2v) is 13.2. The Morgan fingerprint density at radius 3 is 2.58 bits per heavy atom. The molecule has 0 bridgehead atoms. The van der Waals surface area contributed by atoms with Crippen LogP contribution in [0.4, 0.5) is 5.00 Å². The number of para-hydroxylation sites is 1. The molecule has 0 saturated carbocycles. The monoisotopic (exact) mass is 594 g/mol. The number of hydrogen-bond acceptors (Lipinski definition) is 5. The van der Waals surface area contributed by atoms with E-state index in [9.17, 15) is 9.59 Å². The smallest absolute Gasteiger partial charge is 0.341 e. The van der Waals surface area contributed by atoms with Gasteiger partial charge in [-0.25, -0.2) is 9.78 Å². The fourth-order valence-electron chi connectivity index (χ4n) is 5.54. The van der Waals surface area contributed by atoms with Gasteiger partial charge < -0.3 is 10.1 Å². The van der Waals surface area contributed by atoms with E-state index < -0.39 is 5.97 Å². The molecule has 0 spiro atoms. The second-order valence-electron chi connectivity index (χ2n) is 11.3. The molecule has 5 nitrogen and oxygen atoms in total. The Morgan fingerprint density at radius 1 is 1.12 bits per heavy atom. The normalized spacial score (nSPS) is 15.1. The molecule has 0 radical (unpaired) electrons. The third kappa shape index (κ3) is 5.37. The third-order valence-corrected chi connectivity index (χ3v) is 9.46. The summed E-state index contributed by atoms with van der Waals surface area (Å²) in [4.78, 5) is 33.3. The van der Waals surface area contributed by atoms with Crippen molar-refractivity contribution in [2.75, 3.05) is 11.9 Å². The number of aromatic nitrogens is 1. The summed E-state index contributed by atoms with van der Waals surface area (Å²) in [5, 5.41) is 5.34. The SMILES string of the molecule is CCOC(=O)c1c(NC(=O)c2c(C)c(-c3ccc(Cl)cc3Cl)nc3ccccc23)sc2c1CCC(C(C)(C)C)C2. The first-order valence-corrected chi connectivity index (χ1v) is 15.0. The molecule has 5 rings (SSSR count). The highest BCUT2D eigenvalue weighted by molar-refractivity contribution is 7.17. The highest BCUT2D eigenvalue weighted by Gasteiger charge is 2.35. The molecule has 208 valence electrons. The van der Waals surface area contributed by atoms with Gasteiger partial charge in [0.15, 0.2) is 0 Å². The van der Waals surface area contributed by atoms with Gasteiger partial charge in [0.25, 0.3) is 5.91 Å². The number of pyridine rings is 1. The molecule has 40 heavy (non-hydrogen) atoms. The number of anilines is 1. The number of ether oxygens (including phenoxy) is 1. The summed E-state index contributed by atoms with van der Waals surface area (Å²) in [6, 6.07) is 12.8. The van der Waals surface area contributed by atoms with E-state index in [2.05, 4.69) is 26.1 Å². The van der Waals surface area contributed by atoms with Crippen LogP contribution in [0.25, 0.3) is 22.2 Å². The molecule has 0 saturated heterocycles. The first-order valence-electron chi connectivity index (χ1n) is 13.5. The van der Waals surface area contributed by atoms with E-state index in [1.165, 1.54) is 11.3 Å². The van der Waals surface area contributed by atoms with Crippen LogP contribution in [0.15, 0.2) is 42.5 Å². The molecule has 8 heteroatoms. The summed E-state index contributed by atoms with van der Waals surface area (Å²) in [6.07, 6.45) is 2.66. The lowest BCUT2D eigenvalue weighted by atomic mass is 9.72. The Hall–Kier alpha value is -2.93. The molecule has 2 heterocycles. The van der Waals surface area contributed by atoms with E-state index in [-0.39, 0.29) is 17.9 Å². The van der Waals surface area contributed by atoms with Gasteiger partial charge in [0.2, 0.25) is 0 Å². The molecule has 1 aliphatic rings. The van der Waals surface area contributed by atoms with Crippen LogP contribution in [0, 0.1) is 18.3 Å². The van der Waals surface area contributed by atoms with E-state index in [4.69, 9.17) is 32.9 Å². The number of carbonyl (C=O) groups excluding carboxylic acids is 2. The molecule has 2 aromatic carbocycles. The van der Waals surface area contributed by atoms with Crippen molar-refractivity contribution in [2.24, 2.45) is 11.3 Å². The zero-order valence-corrected chi connectivity index (χ0v) is 25.6. The number of hydrogen-bond donors (Lipinski definition) is 1. The maximum Gasteiger partial charge on any atom is 0.341 e.